The molecule has 0 amide bonds. The van der Waals surface area contributed by atoms with Crippen LogP contribution in [-0.2, 0) is 12.8 Å². The first-order chi connectivity index (χ1) is 12.7. The summed E-state index contributed by atoms with van der Waals surface area (Å²) in [5.74, 6) is 0.829. The van der Waals surface area contributed by atoms with Gasteiger partial charge in [-0.3, -0.25) is 14.5 Å². The number of fused-ring (bicyclic) bond motifs is 1. The van der Waals surface area contributed by atoms with Gasteiger partial charge >= 0.3 is 0 Å². The minimum Gasteiger partial charge on any atom is -0.494 e. The second-order valence-electron chi connectivity index (χ2n) is 6.75. The lowest BCUT2D eigenvalue weighted by atomic mass is 9.88. The van der Waals surface area contributed by atoms with Gasteiger partial charge in [0.1, 0.15) is 5.75 Å². The van der Waals surface area contributed by atoms with E-state index in [1.807, 2.05) is 50.6 Å². The standard InChI is InChI=1S/C21H23N3O2/c1-3-26-16-8-9-20(14(2)10-16)24-13-19(15-11-22-23-12-15)17-6-4-5-7-18(17)21(24)25/h8-13H,3-7H2,1-2H3,(H,22,23). The Morgan fingerprint density at radius 1 is 1.23 bits per heavy atom. The number of hydrogen-bond acceptors (Lipinski definition) is 3. The highest BCUT2D eigenvalue weighted by atomic mass is 16.5. The van der Waals surface area contributed by atoms with Gasteiger partial charge in [-0.2, -0.15) is 5.10 Å². The van der Waals surface area contributed by atoms with Gasteiger partial charge in [-0.15, -0.1) is 0 Å². The second-order valence-corrected chi connectivity index (χ2v) is 6.75. The molecule has 0 bridgehead atoms. The molecule has 0 fully saturated rings. The number of ether oxygens (including phenoxy) is 1. The molecule has 3 aromatic rings. The van der Waals surface area contributed by atoms with E-state index in [0.29, 0.717) is 6.61 Å². The molecule has 5 nitrogen and oxygen atoms in total. The van der Waals surface area contributed by atoms with Crippen LogP contribution in [0.25, 0.3) is 16.8 Å². The van der Waals surface area contributed by atoms with Gasteiger partial charge in [0.25, 0.3) is 5.56 Å². The fourth-order valence-electron chi connectivity index (χ4n) is 3.83. The van der Waals surface area contributed by atoms with Crippen molar-refractivity contribution >= 4 is 0 Å². The molecule has 0 saturated heterocycles. The van der Waals surface area contributed by atoms with Crippen LogP contribution in [-0.4, -0.2) is 21.4 Å². The van der Waals surface area contributed by atoms with E-state index in [4.69, 9.17) is 4.74 Å². The summed E-state index contributed by atoms with van der Waals surface area (Å²) in [6.45, 7) is 4.61. The first-order valence-electron chi connectivity index (χ1n) is 9.19. The molecule has 0 saturated carbocycles. The number of aryl methyl sites for hydroxylation is 1. The summed E-state index contributed by atoms with van der Waals surface area (Å²) in [6, 6.07) is 5.88. The Bertz CT molecular complexity index is 987. The predicted molar refractivity (Wildman–Crippen MR) is 102 cm³/mol. The molecular formula is C21H23N3O2. The van der Waals surface area contributed by atoms with Crippen LogP contribution >= 0.6 is 0 Å². The molecule has 0 spiro atoms. The maximum atomic E-state index is 13.2. The van der Waals surface area contributed by atoms with Crippen molar-refractivity contribution < 1.29 is 4.74 Å². The SMILES string of the molecule is CCOc1ccc(-n2cc(-c3cn[nH]c3)c3c(c2=O)CCCC3)c(C)c1. The number of nitrogens with zero attached hydrogens (tertiary/aromatic N) is 2. The van der Waals surface area contributed by atoms with Crippen molar-refractivity contribution in [2.75, 3.05) is 6.61 Å². The Morgan fingerprint density at radius 2 is 2.04 bits per heavy atom. The Hall–Kier alpha value is -2.82. The second kappa shape index (κ2) is 6.83. The summed E-state index contributed by atoms with van der Waals surface area (Å²) >= 11 is 0. The van der Waals surface area contributed by atoms with Crippen molar-refractivity contribution in [3.05, 3.63) is 63.8 Å². The molecule has 0 aliphatic heterocycles. The summed E-state index contributed by atoms with van der Waals surface area (Å²) in [7, 11) is 0. The average Bonchev–Trinajstić information content (AvgIpc) is 3.18. The first-order valence-corrected chi connectivity index (χ1v) is 9.19. The van der Waals surface area contributed by atoms with Gasteiger partial charge in [-0.05, 0) is 68.9 Å². The molecule has 0 radical (unpaired) electrons. The zero-order chi connectivity index (χ0) is 18.1. The van der Waals surface area contributed by atoms with Crippen LogP contribution in [0.2, 0.25) is 0 Å². The van der Waals surface area contributed by atoms with E-state index in [1.54, 1.807) is 4.57 Å². The molecule has 2 heterocycles. The van der Waals surface area contributed by atoms with E-state index in [0.717, 1.165) is 59.4 Å². The lowest BCUT2D eigenvalue weighted by Crippen LogP contribution is -2.27. The topological polar surface area (TPSA) is 59.9 Å². The first kappa shape index (κ1) is 16.6. The summed E-state index contributed by atoms with van der Waals surface area (Å²) < 4.78 is 7.37. The molecule has 4 rings (SSSR count). The molecule has 2 aromatic heterocycles. The van der Waals surface area contributed by atoms with Gasteiger partial charge in [-0.25, -0.2) is 0 Å². The van der Waals surface area contributed by atoms with Crippen LogP contribution in [0.3, 0.4) is 0 Å². The van der Waals surface area contributed by atoms with Gasteiger partial charge in [-0.1, -0.05) is 0 Å². The summed E-state index contributed by atoms with van der Waals surface area (Å²) in [5, 5.41) is 6.98. The molecular weight excluding hydrogens is 326 g/mol. The Morgan fingerprint density at radius 3 is 2.73 bits per heavy atom. The third kappa shape index (κ3) is 2.83. The van der Waals surface area contributed by atoms with E-state index >= 15 is 0 Å². The van der Waals surface area contributed by atoms with E-state index in [9.17, 15) is 4.79 Å². The summed E-state index contributed by atoms with van der Waals surface area (Å²) in [4.78, 5) is 13.2. The van der Waals surface area contributed by atoms with Gasteiger partial charge in [0.2, 0.25) is 0 Å². The van der Waals surface area contributed by atoms with E-state index in [-0.39, 0.29) is 5.56 Å². The zero-order valence-electron chi connectivity index (χ0n) is 15.2. The van der Waals surface area contributed by atoms with Crippen LogP contribution in [0.5, 0.6) is 5.75 Å². The number of pyridine rings is 1. The highest BCUT2D eigenvalue weighted by Crippen LogP contribution is 2.30. The molecule has 1 aliphatic rings. The monoisotopic (exact) mass is 349 g/mol. The lowest BCUT2D eigenvalue weighted by Gasteiger charge is -2.21. The van der Waals surface area contributed by atoms with Gasteiger partial charge in [0.15, 0.2) is 0 Å². The average molecular weight is 349 g/mol. The maximum absolute atomic E-state index is 13.2. The molecule has 26 heavy (non-hydrogen) atoms. The lowest BCUT2D eigenvalue weighted by molar-refractivity contribution is 0.340. The number of aromatic nitrogens is 3. The van der Waals surface area contributed by atoms with Crippen LogP contribution in [0, 0.1) is 6.92 Å². The third-order valence-corrected chi connectivity index (χ3v) is 5.08. The smallest absolute Gasteiger partial charge is 0.258 e. The molecule has 1 N–H and O–H groups in total. The molecule has 1 aliphatic carbocycles. The fourth-order valence-corrected chi connectivity index (χ4v) is 3.83. The molecule has 0 atom stereocenters. The normalized spacial score (nSPS) is 13.5. The molecule has 5 heteroatoms. The number of aromatic amines is 1. The zero-order valence-corrected chi connectivity index (χ0v) is 15.2. The van der Waals surface area contributed by atoms with Crippen LogP contribution in [0.15, 0.2) is 41.6 Å². The number of hydrogen-bond donors (Lipinski definition) is 1. The van der Waals surface area contributed by atoms with Crippen LogP contribution < -0.4 is 10.3 Å². The number of nitrogens with one attached hydrogen (secondary N) is 1. The minimum absolute atomic E-state index is 0.0965. The minimum atomic E-state index is 0.0965. The Balaban J connectivity index is 1.92. The van der Waals surface area contributed by atoms with E-state index < -0.39 is 0 Å². The van der Waals surface area contributed by atoms with Gasteiger partial charge < -0.3 is 4.74 Å². The third-order valence-electron chi connectivity index (χ3n) is 5.08. The van der Waals surface area contributed by atoms with Crippen LogP contribution in [0.1, 0.15) is 36.5 Å². The quantitative estimate of drug-likeness (QED) is 0.779. The Kier molecular flexibility index (Phi) is 4.37. The highest BCUT2D eigenvalue weighted by molar-refractivity contribution is 5.68. The number of rotatable bonds is 4. The van der Waals surface area contributed by atoms with Crippen molar-refractivity contribution in [1.29, 1.82) is 0 Å². The van der Waals surface area contributed by atoms with Gasteiger partial charge in [0, 0.05) is 29.1 Å². The molecule has 134 valence electrons. The van der Waals surface area contributed by atoms with E-state index in [1.165, 1.54) is 5.56 Å². The maximum Gasteiger partial charge on any atom is 0.258 e. The number of H-pyrrole nitrogens is 1. The summed E-state index contributed by atoms with van der Waals surface area (Å²) in [5.41, 5.74) is 6.27. The van der Waals surface area contributed by atoms with Gasteiger partial charge in [0.05, 0.1) is 18.5 Å². The van der Waals surface area contributed by atoms with E-state index in [2.05, 4.69) is 10.2 Å². The van der Waals surface area contributed by atoms with Crippen molar-refractivity contribution in [3.8, 4) is 22.6 Å². The molecule has 0 unspecified atom stereocenters. The van der Waals surface area contributed by atoms with Crippen molar-refractivity contribution in [2.45, 2.75) is 39.5 Å². The largest absolute Gasteiger partial charge is 0.494 e. The van der Waals surface area contributed by atoms with Crippen molar-refractivity contribution in [1.82, 2.24) is 14.8 Å². The summed E-state index contributed by atoms with van der Waals surface area (Å²) in [6.07, 6.45) is 9.68. The van der Waals surface area contributed by atoms with Crippen LogP contribution in [0.4, 0.5) is 0 Å². The Labute approximate surface area is 152 Å². The predicted octanol–water partition coefficient (Wildman–Crippen LogP) is 3.81. The highest BCUT2D eigenvalue weighted by Gasteiger charge is 2.21. The number of benzene rings is 1. The van der Waals surface area contributed by atoms with Crippen molar-refractivity contribution in [2.24, 2.45) is 0 Å². The molecule has 1 aromatic carbocycles. The fraction of sp³-hybridized carbons (Fsp3) is 0.333. The van der Waals surface area contributed by atoms with Crippen molar-refractivity contribution in [3.63, 3.8) is 0 Å².